The van der Waals surface area contributed by atoms with Gasteiger partial charge in [-0.05, 0) is 17.7 Å². The molecule has 1 aromatic rings. The molecule has 7 heteroatoms. The number of hydrogen-bond donors (Lipinski definition) is 0. The Balaban J connectivity index is 2.06. The highest BCUT2D eigenvalue weighted by Crippen LogP contribution is 2.31. The molecular formula is C14H16F3NO3. The van der Waals surface area contributed by atoms with E-state index in [-0.39, 0.29) is 12.5 Å². The van der Waals surface area contributed by atoms with Gasteiger partial charge in [-0.1, -0.05) is 12.1 Å². The number of rotatable bonds is 3. The first kappa shape index (κ1) is 15.8. The van der Waals surface area contributed by atoms with Crippen molar-refractivity contribution in [1.82, 2.24) is 4.90 Å². The summed E-state index contributed by atoms with van der Waals surface area (Å²) in [6.45, 7) is 1.10. The molecule has 0 saturated carbocycles. The molecule has 116 valence electrons. The van der Waals surface area contributed by atoms with Crippen molar-refractivity contribution in [3.63, 3.8) is 0 Å². The summed E-state index contributed by atoms with van der Waals surface area (Å²) in [6, 6.07) is 4.82. The lowest BCUT2D eigenvalue weighted by atomic mass is 10.1. The molecule has 1 fully saturated rings. The molecule has 0 radical (unpaired) electrons. The van der Waals surface area contributed by atoms with Crippen molar-refractivity contribution in [3.05, 3.63) is 35.4 Å². The number of carbonyl (C=O) groups excluding carboxylic acids is 1. The van der Waals surface area contributed by atoms with Crippen LogP contribution in [-0.4, -0.2) is 44.2 Å². The molecule has 0 aliphatic carbocycles. The molecule has 0 unspecified atom stereocenters. The summed E-state index contributed by atoms with van der Waals surface area (Å²) < 4.78 is 47.9. The molecule has 0 aromatic heterocycles. The molecule has 1 aromatic carbocycles. The fourth-order valence-electron chi connectivity index (χ4n) is 2.18. The minimum Gasteiger partial charge on any atom is -0.375 e. The van der Waals surface area contributed by atoms with Gasteiger partial charge in [-0.25, -0.2) is 0 Å². The minimum atomic E-state index is -4.35. The lowest BCUT2D eigenvalue weighted by Crippen LogP contribution is -2.43. The van der Waals surface area contributed by atoms with E-state index in [0.29, 0.717) is 25.3 Å². The van der Waals surface area contributed by atoms with Gasteiger partial charge in [0.2, 0.25) is 5.91 Å². The zero-order valence-corrected chi connectivity index (χ0v) is 11.5. The minimum absolute atomic E-state index is 0.0142. The fourth-order valence-corrected chi connectivity index (χ4v) is 2.18. The van der Waals surface area contributed by atoms with Crippen molar-refractivity contribution >= 4 is 5.91 Å². The van der Waals surface area contributed by atoms with Crippen LogP contribution in [0.25, 0.3) is 0 Å². The number of alkyl halides is 3. The van der Waals surface area contributed by atoms with Gasteiger partial charge < -0.3 is 14.4 Å². The van der Waals surface area contributed by atoms with Gasteiger partial charge in [0, 0.05) is 13.7 Å². The quantitative estimate of drug-likeness (QED) is 0.860. The number of carbonyl (C=O) groups is 1. The third kappa shape index (κ3) is 3.95. The average molecular weight is 303 g/mol. The highest BCUT2D eigenvalue weighted by atomic mass is 19.4. The lowest BCUT2D eigenvalue weighted by Gasteiger charge is -2.33. The first-order valence-corrected chi connectivity index (χ1v) is 6.47. The maximum atomic E-state index is 12.5. The van der Waals surface area contributed by atoms with E-state index in [2.05, 4.69) is 0 Å². The van der Waals surface area contributed by atoms with Gasteiger partial charge in [-0.2, -0.15) is 13.2 Å². The number of morpholine rings is 1. The van der Waals surface area contributed by atoms with Gasteiger partial charge in [-0.15, -0.1) is 0 Å². The summed E-state index contributed by atoms with van der Waals surface area (Å²) >= 11 is 0. The Bertz CT molecular complexity index is 487. The highest BCUT2D eigenvalue weighted by molar-refractivity contribution is 5.77. The summed E-state index contributed by atoms with van der Waals surface area (Å²) in [5, 5.41) is 0. The molecule has 21 heavy (non-hydrogen) atoms. The Morgan fingerprint density at radius 1 is 1.38 bits per heavy atom. The first-order valence-electron chi connectivity index (χ1n) is 6.47. The van der Waals surface area contributed by atoms with Crippen LogP contribution in [0.3, 0.4) is 0 Å². The number of methoxy groups -OCH3 is 1. The van der Waals surface area contributed by atoms with Gasteiger partial charge in [0.05, 0.1) is 18.7 Å². The Hall–Kier alpha value is -1.60. The standard InChI is InChI=1S/C14H16F3NO3/c1-20-9-13(19)18-6-7-21-12(8-18)10-2-4-11(5-3-10)14(15,16)17/h2-5,12H,6-9H2,1H3/t12-/m1/s1. The van der Waals surface area contributed by atoms with E-state index >= 15 is 0 Å². The predicted octanol–water partition coefficient (Wildman–Crippen LogP) is 2.25. The third-order valence-electron chi connectivity index (χ3n) is 3.30. The molecule has 1 heterocycles. The van der Waals surface area contributed by atoms with Crippen LogP contribution in [0, 0.1) is 0 Å². The Morgan fingerprint density at radius 3 is 2.62 bits per heavy atom. The van der Waals surface area contributed by atoms with Gasteiger partial charge in [0.1, 0.15) is 12.7 Å². The van der Waals surface area contributed by atoms with E-state index in [1.165, 1.54) is 19.2 Å². The number of halogens is 3. The van der Waals surface area contributed by atoms with E-state index in [1.807, 2.05) is 0 Å². The molecule has 1 aliphatic heterocycles. The van der Waals surface area contributed by atoms with E-state index in [0.717, 1.165) is 12.1 Å². The van der Waals surface area contributed by atoms with Crippen molar-refractivity contribution < 1.29 is 27.4 Å². The van der Waals surface area contributed by atoms with Crippen LogP contribution in [-0.2, 0) is 20.4 Å². The van der Waals surface area contributed by atoms with E-state index < -0.39 is 17.8 Å². The summed E-state index contributed by atoms with van der Waals surface area (Å²) in [7, 11) is 1.44. The molecule has 2 rings (SSSR count). The summed E-state index contributed by atoms with van der Waals surface area (Å²) in [4.78, 5) is 13.3. The number of amides is 1. The van der Waals surface area contributed by atoms with Gasteiger partial charge in [-0.3, -0.25) is 4.79 Å². The zero-order chi connectivity index (χ0) is 15.5. The molecule has 0 spiro atoms. The summed E-state index contributed by atoms with van der Waals surface area (Å²) in [5.74, 6) is -0.155. The average Bonchev–Trinajstić information content (AvgIpc) is 2.47. The van der Waals surface area contributed by atoms with Gasteiger partial charge in [0.25, 0.3) is 0 Å². The van der Waals surface area contributed by atoms with E-state index in [9.17, 15) is 18.0 Å². The van der Waals surface area contributed by atoms with Crippen LogP contribution in [0.4, 0.5) is 13.2 Å². The second-order valence-corrected chi connectivity index (χ2v) is 4.75. The topological polar surface area (TPSA) is 38.8 Å². The van der Waals surface area contributed by atoms with Gasteiger partial charge >= 0.3 is 6.18 Å². The molecule has 1 saturated heterocycles. The van der Waals surface area contributed by atoms with Crippen LogP contribution in [0.5, 0.6) is 0 Å². The SMILES string of the molecule is COCC(=O)N1CCO[C@@H](c2ccc(C(F)(F)F)cc2)C1. The van der Waals surface area contributed by atoms with Crippen molar-refractivity contribution in [3.8, 4) is 0 Å². The van der Waals surface area contributed by atoms with Crippen LogP contribution >= 0.6 is 0 Å². The molecular weight excluding hydrogens is 287 g/mol. The third-order valence-corrected chi connectivity index (χ3v) is 3.30. The lowest BCUT2D eigenvalue weighted by molar-refractivity contribution is -0.142. The molecule has 1 atom stereocenters. The Morgan fingerprint density at radius 2 is 2.05 bits per heavy atom. The highest BCUT2D eigenvalue weighted by Gasteiger charge is 2.31. The maximum Gasteiger partial charge on any atom is 0.416 e. The van der Waals surface area contributed by atoms with Crippen molar-refractivity contribution in [2.45, 2.75) is 12.3 Å². The predicted molar refractivity (Wildman–Crippen MR) is 68.6 cm³/mol. The molecule has 0 N–H and O–H groups in total. The number of benzene rings is 1. The molecule has 4 nitrogen and oxygen atoms in total. The van der Waals surface area contributed by atoms with E-state index in [1.54, 1.807) is 4.90 Å². The smallest absolute Gasteiger partial charge is 0.375 e. The second kappa shape index (κ2) is 6.44. The Kier molecular flexibility index (Phi) is 4.84. The number of ether oxygens (including phenoxy) is 2. The van der Waals surface area contributed by atoms with Crippen molar-refractivity contribution in [2.75, 3.05) is 33.4 Å². The molecule has 1 aliphatic rings. The fraction of sp³-hybridized carbons (Fsp3) is 0.500. The summed E-state index contributed by atoms with van der Waals surface area (Å²) in [5.41, 5.74) is -0.0766. The Labute approximate surface area is 120 Å². The van der Waals surface area contributed by atoms with Crippen LogP contribution < -0.4 is 0 Å². The molecule has 1 amide bonds. The van der Waals surface area contributed by atoms with Gasteiger partial charge in [0.15, 0.2) is 0 Å². The number of nitrogens with zero attached hydrogens (tertiary/aromatic N) is 1. The van der Waals surface area contributed by atoms with Crippen molar-refractivity contribution in [2.24, 2.45) is 0 Å². The van der Waals surface area contributed by atoms with Crippen LogP contribution in [0.15, 0.2) is 24.3 Å². The molecule has 0 bridgehead atoms. The number of hydrogen-bond acceptors (Lipinski definition) is 3. The largest absolute Gasteiger partial charge is 0.416 e. The van der Waals surface area contributed by atoms with Crippen LogP contribution in [0.1, 0.15) is 17.2 Å². The van der Waals surface area contributed by atoms with Crippen LogP contribution in [0.2, 0.25) is 0 Å². The second-order valence-electron chi connectivity index (χ2n) is 4.75. The first-order chi connectivity index (χ1) is 9.91. The summed E-state index contributed by atoms with van der Waals surface area (Å²) in [6.07, 6.45) is -4.77. The zero-order valence-electron chi connectivity index (χ0n) is 11.5. The monoisotopic (exact) mass is 303 g/mol. The van der Waals surface area contributed by atoms with E-state index in [4.69, 9.17) is 9.47 Å². The van der Waals surface area contributed by atoms with Crippen molar-refractivity contribution in [1.29, 1.82) is 0 Å². The maximum absolute atomic E-state index is 12.5. The normalized spacial score (nSPS) is 19.6.